The number of nitrogens with zero attached hydrogens (tertiary/aromatic N) is 1. The van der Waals surface area contributed by atoms with Gasteiger partial charge >= 0.3 is 0 Å². The second kappa shape index (κ2) is 5.07. The summed E-state index contributed by atoms with van der Waals surface area (Å²) in [6.45, 7) is 4.69. The van der Waals surface area contributed by atoms with Gasteiger partial charge in [0.15, 0.2) is 5.17 Å². The fraction of sp³-hybridized carbons (Fsp3) is 0.933. The Balaban J connectivity index is 1.58. The highest BCUT2D eigenvalue weighted by atomic mass is 32.2. The van der Waals surface area contributed by atoms with Crippen LogP contribution in [0.2, 0.25) is 0 Å². The maximum absolute atomic E-state index is 4.94. The zero-order chi connectivity index (χ0) is 12.6. The monoisotopic (exact) mass is 266 g/mol. The molecular formula is C15H26N2S. The third kappa shape index (κ3) is 2.56. The van der Waals surface area contributed by atoms with Crippen molar-refractivity contribution in [2.45, 2.75) is 70.4 Å². The largest absolute Gasteiger partial charge is 0.359 e. The van der Waals surface area contributed by atoms with E-state index < -0.39 is 0 Å². The normalized spacial score (nSPS) is 40.8. The first kappa shape index (κ1) is 12.8. The highest BCUT2D eigenvalue weighted by Gasteiger charge is 2.40. The van der Waals surface area contributed by atoms with E-state index in [1.165, 1.54) is 55.9 Å². The summed E-state index contributed by atoms with van der Waals surface area (Å²) in [6.07, 6.45) is 9.67. The van der Waals surface area contributed by atoms with Crippen molar-refractivity contribution in [2.24, 2.45) is 16.8 Å². The number of thioether (sulfide) groups is 1. The lowest BCUT2D eigenvalue weighted by Crippen LogP contribution is -2.46. The molecule has 3 fully saturated rings. The topological polar surface area (TPSA) is 24.4 Å². The Morgan fingerprint density at radius 3 is 2.61 bits per heavy atom. The molecule has 1 aliphatic heterocycles. The molecule has 0 bridgehead atoms. The molecule has 1 N–H and O–H groups in total. The van der Waals surface area contributed by atoms with Crippen LogP contribution >= 0.6 is 11.8 Å². The Bertz CT molecular complexity index is 327. The predicted molar refractivity (Wildman–Crippen MR) is 80.2 cm³/mol. The lowest BCUT2D eigenvalue weighted by atomic mass is 9.78. The molecule has 0 radical (unpaired) electrons. The van der Waals surface area contributed by atoms with Crippen LogP contribution in [0.1, 0.15) is 58.8 Å². The molecule has 3 rings (SSSR count). The van der Waals surface area contributed by atoms with Crippen LogP contribution in [-0.4, -0.2) is 22.5 Å². The fourth-order valence-corrected chi connectivity index (χ4v) is 4.68. The first-order valence-corrected chi connectivity index (χ1v) is 8.64. The van der Waals surface area contributed by atoms with Crippen LogP contribution in [0.4, 0.5) is 0 Å². The zero-order valence-corrected chi connectivity index (χ0v) is 12.6. The number of hydrogen-bond donors (Lipinski definition) is 1. The molecule has 3 heteroatoms. The van der Waals surface area contributed by atoms with Crippen molar-refractivity contribution in [3.63, 3.8) is 0 Å². The summed E-state index contributed by atoms with van der Waals surface area (Å²) in [6, 6.07) is 0.534. The molecule has 102 valence electrons. The Hall–Kier alpha value is -0.180. The second-order valence-corrected chi connectivity index (χ2v) is 7.71. The van der Waals surface area contributed by atoms with Gasteiger partial charge in [-0.15, -0.1) is 0 Å². The van der Waals surface area contributed by atoms with Gasteiger partial charge in [-0.3, -0.25) is 4.99 Å². The maximum Gasteiger partial charge on any atom is 0.157 e. The number of hydrogen-bond acceptors (Lipinski definition) is 2. The summed E-state index contributed by atoms with van der Waals surface area (Å²) in [5.74, 6) is 3.04. The van der Waals surface area contributed by atoms with E-state index in [0.717, 1.165) is 11.8 Å². The predicted octanol–water partition coefficient (Wildman–Crippen LogP) is 3.82. The fourth-order valence-electron chi connectivity index (χ4n) is 3.37. The van der Waals surface area contributed by atoms with E-state index in [1.807, 2.05) is 11.8 Å². The molecule has 1 atom stereocenters. The molecule has 2 saturated carbocycles. The highest BCUT2D eigenvalue weighted by Crippen LogP contribution is 2.39. The lowest BCUT2D eigenvalue weighted by molar-refractivity contribution is 0.249. The van der Waals surface area contributed by atoms with Gasteiger partial charge in [0.1, 0.15) is 0 Å². The van der Waals surface area contributed by atoms with E-state index >= 15 is 0 Å². The van der Waals surface area contributed by atoms with E-state index in [-0.39, 0.29) is 0 Å². The molecule has 2 aliphatic carbocycles. The van der Waals surface area contributed by atoms with E-state index in [9.17, 15) is 0 Å². The third-order valence-corrected chi connectivity index (χ3v) is 6.42. The van der Waals surface area contributed by atoms with Crippen molar-refractivity contribution in [2.75, 3.05) is 5.75 Å². The van der Waals surface area contributed by atoms with Gasteiger partial charge in [-0.1, -0.05) is 25.1 Å². The van der Waals surface area contributed by atoms with Gasteiger partial charge in [0.05, 0.1) is 6.04 Å². The van der Waals surface area contributed by atoms with Crippen molar-refractivity contribution >= 4 is 16.9 Å². The van der Waals surface area contributed by atoms with Crippen molar-refractivity contribution in [3.8, 4) is 0 Å². The smallest absolute Gasteiger partial charge is 0.157 e. The summed E-state index contributed by atoms with van der Waals surface area (Å²) in [4.78, 5) is 4.94. The average Bonchev–Trinajstić information content (AvgIpc) is 2.64. The Morgan fingerprint density at radius 2 is 2.00 bits per heavy atom. The Morgan fingerprint density at radius 1 is 1.28 bits per heavy atom. The van der Waals surface area contributed by atoms with Gasteiger partial charge in [0.2, 0.25) is 0 Å². The van der Waals surface area contributed by atoms with Gasteiger partial charge in [0, 0.05) is 11.3 Å². The van der Waals surface area contributed by atoms with Crippen molar-refractivity contribution < 1.29 is 0 Å². The molecule has 1 saturated heterocycles. The molecule has 0 aromatic rings. The number of amidine groups is 1. The average molecular weight is 266 g/mol. The minimum Gasteiger partial charge on any atom is -0.359 e. The molecule has 0 aromatic heterocycles. The summed E-state index contributed by atoms with van der Waals surface area (Å²) in [7, 11) is 0. The Kier molecular flexibility index (Phi) is 3.61. The number of rotatable bonds is 2. The standard InChI is InChI=1S/C15H26N2S/c1-11-6-8-15(9-7-11)10-18-14(17-15)16-12(2)13-4-3-5-13/h11-13H,3-10H2,1-2H3,(H,16,17). The van der Waals surface area contributed by atoms with Crippen LogP contribution in [0, 0.1) is 11.8 Å². The summed E-state index contributed by atoms with van der Waals surface area (Å²) >= 11 is 1.97. The van der Waals surface area contributed by atoms with Gasteiger partial charge < -0.3 is 5.32 Å². The molecule has 0 aromatic carbocycles. The van der Waals surface area contributed by atoms with Crippen LogP contribution < -0.4 is 5.32 Å². The molecule has 0 amide bonds. The van der Waals surface area contributed by atoms with Crippen LogP contribution in [0.3, 0.4) is 0 Å². The van der Waals surface area contributed by atoms with Gasteiger partial charge in [0.25, 0.3) is 0 Å². The van der Waals surface area contributed by atoms with Gasteiger partial charge in [-0.2, -0.15) is 0 Å². The van der Waals surface area contributed by atoms with Crippen LogP contribution in [0.5, 0.6) is 0 Å². The number of nitrogens with one attached hydrogen (secondary N) is 1. The zero-order valence-electron chi connectivity index (χ0n) is 11.7. The maximum atomic E-state index is 4.94. The van der Waals surface area contributed by atoms with Crippen molar-refractivity contribution in [1.29, 1.82) is 0 Å². The summed E-state index contributed by atoms with van der Waals surface area (Å²) in [5, 5.41) is 5.01. The second-order valence-electron chi connectivity index (χ2n) is 6.74. The van der Waals surface area contributed by atoms with E-state index in [4.69, 9.17) is 4.99 Å². The third-order valence-electron chi connectivity index (χ3n) is 5.24. The molecule has 1 heterocycles. The van der Waals surface area contributed by atoms with Crippen LogP contribution in [0.15, 0.2) is 4.99 Å². The highest BCUT2D eigenvalue weighted by molar-refractivity contribution is 8.14. The van der Waals surface area contributed by atoms with Gasteiger partial charge in [-0.25, -0.2) is 0 Å². The first-order chi connectivity index (χ1) is 8.67. The summed E-state index contributed by atoms with van der Waals surface area (Å²) < 4.78 is 0. The molecule has 1 spiro atoms. The first-order valence-electron chi connectivity index (χ1n) is 7.66. The van der Waals surface area contributed by atoms with Crippen LogP contribution in [-0.2, 0) is 0 Å². The van der Waals surface area contributed by atoms with Crippen molar-refractivity contribution in [1.82, 2.24) is 5.32 Å². The van der Waals surface area contributed by atoms with E-state index in [2.05, 4.69) is 19.2 Å². The SMILES string of the molecule is CC1CCC2(CC1)CSC(=NC(C)C1CCC1)N2. The molecule has 2 nitrogen and oxygen atoms in total. The van der Waals surface area contributed by atoms with E-state index in [0.29, 0.717) is 11.6 Å². The van der Waals surface area contributed by atoms with E-state index in [1.54, 1.807) is 0 Å². The lowest BCUT2D eigenvalue weighted by Gasteiger charge is -2.36. The molecule has 18 heavy (non-hydrogen) atoms. The quantitative estimate of drug-likeness (QED) is 0.822. The van der Waals surface area contributed by atoms with Crippen molar-refractivity contribution in [3.05, 3.63) is 0 Å². The minimum absolute atomic E-state index is 0.398. The molecule has 3 aliphatic rings. The van der Waals surface area contributed by atoms with Gasteiger partial charge in [-0.05, 0) is 57.3 Å². The molecular weight excluding hydrogens is 240 g/mol. The van der Waals surface area contributed by atoms with Crippen LogP contribution in [0.25, 0.3) is 0 Å². The summed E-state index contributed by atoms with van der Waals surface area (Å²) in [5.41, 5.74) is 0.398. The Labute approximate surface area is 115 Å². The minimum atomic E-state index is 0.398. The molecule has 1 unspecified atom stereocenters. The number of aliphatic imine (C=N–C) groups is 1.